The monoisotopic (exact) mass is 213 g/mol. The number of phenols is 1. The van der Waals surface area contributed by atoms with Gasteiger partial charge in [-0.25, -0.2) is 0 Å². The van der Waals surface area contributed by atoms with E-state index < -0.39 is 0 Å². The molecule has 0 amide bonds. The number of ether oxygens (including phenoxy) is 2. The van der Waals surface area contributed by atoms with Gasteiger partial charge in [-0.15, -0.1) is 0 Å². The summed E-state index contributed by atoms with van der Waals surface area (Å²) in [5, 5.41) is 9.52. The van der Waals surface area contributed by atoms with Crippen molar-refractivity contribution in [3.63, 3.8) is 0 Å². The van der Waals surface area contributed by atoms with Gasteiger partial charge >= 0.3 is 0 Å². The first-order chi connectivity index (χ1) is 7.22. The van der Waals surface area contributed by atoms with Crippen molar-refractivity contribution in [2.45, 2.75) is 6.54 Å². The summed E-state index contributed by atoms with van der Waals surface area (Å²) in [6.07, 6.45) is 0. The SMILES string of the molecule is CONCc1cc(OC)c(O)cc1OC. The molecule has 0 bridgehead atoms. The van der Waals surface area contributed by atoms with Crippen LogP contribution in [0, 0.1) is 0 Å². The van der Waals surface area contributed by atoms with Crippen LogP contribution < -0.4 is 15.0 Å². The van der Waals surface area contributed by atoms with E-state index in [4.69, 9.17) is 14.3 Å². The average molecular weight is 213 g/mol. The molecule has 84 valence electrons. The largest absolute Gasteiger partial charge is 0.504 e. The molecule has 1 aromatic rings. The number of hydrogen-bond acceptors (Lipinski definition) is 5. The third-order valence-corrected chi connectivity index (χ3v) is 1.99. The highest BCUT2D eigenvalue weighted by Gasteiger charge is 2.09. The molecule has 0 heterocycles. The number of hydroxylamine groups is 1. The van der Waals surface area contributed by atoms with Crippen LogP contribution in [0.5, 0.6) is 17.2 Å². The van der Waals surface area contributed by atoms with Crippen LogP contribution in [0.2, 0.25) is 0 Å². The van der Waals surface area contributed by atoms with Crippen molar-refractivity contribution in [3.05, 3.63) is 17.7 Å². The van der Waals surface area contributed by atoms with Crippen LogP contribution >= 0.6 is 0 Å². The van der Waals surface area contributed by atoms with Crippen LogP contribution in [-0.2, 0) is 11.4 Å². The molecule has 0 radical (unpaired) electrons. The minimum Gasteiger partial charge on any atom is -0.504 e. The predicted octanol–water partition coefficient (Wildman–Crippen LogP) is 1.06. The van der Waals surface area contributed by atoms with Gasteiger partial charge in [0.1, 0.15) is 5.75 Å². The Balaban J connectivity index is 2.99. The molecule has 0 spiro atoms. The molecule has 0 aliphatic carbocycles. The summed E-state index contributed by atoms with van der Waals surface area (Å²) in [5.41, 5.74) is 3.53. The van der Waals surface area contributed by atoms with Crippen LogP contribution in [0.4, 0.5) is 0 Å². The Hall–Kier alpha value is -1.46. The fraction of sp³-hybridized carbons (Fsp3) is 0.400. The molecule has 0 atom stereocenters. The second-order valence-corrected chi connectivity index (χ2v) is 2.86. The molecule has 0 aliphatic heterocycles. The van der Waals surface area contributed by atoms with E-state index in [2.05, 4.69) is 5.48 Å². The Labute approximate surface area is 88.5 Å². The zero-order chi connectivity index (χ0) is 11.3. The number of methoxy groups -OCH3 is 2. The predicted molar refractivity (Wildman–Crippen MR) is 55.1 cm³/mol. The first-order valence-corrected chi connectivity index (χ1v) is 4.42. The lowest BCUT2D eigenvalue weighted by molar-refractivity contribution is 0.0860. The van der Waals surface area contributed by atoms with Gasteiger partial charge < -0.3 is 19.4 Å². The summed E-state index contributed by atoms with van der Waals surface area (Å²) in [6, 6.07) is 3.20. The van der Waals surface area contributed by atoms with Crippen LogP contribution in [0.1, 0.15) is 5.56 Å². The summed E-state index contributed by atoms with van der Waals surface area (Å²) in [6.45, 7) is 0.469. The number of hydrogen-bond donors (Lipinski definition) is 2. The molecule has 0 unspecified atom stereocenters. The Morgan fingerprint density at radius 2 is 1.80 bits per heavy atom. The molecule has 0 aromatic heterocycles. The fourth-order valence-electron chi connectivity index (χ4n) is 1.23. The van der Waals surface area contributed by atoms with Crippen molar-refractivity contribution in [1.82, 2.24) is 5.48 Å². The molecule has 2 N–H and O–H groups in total. The quantitative estimate of drug-likeness (QED) is 0.716. The second-order valence-electron chi connectivity index (χ2n) is 2.86. The summed E-state index contributed by atoms with van der Waals surface area (Å²) in [4.78, 5) is 4.74. The molecule has 15 heavy (non-hydrogen) atoms. The molecule has 0 saturated heterocycles. The molecule has 0 aliphatic rings. The molecule has 0 saturated carbocycles. The average Bonchev–Trinajstić information content (AvgIpc) is 2.26. The first kappa shape index (κ1) is 11.6. The summed E-state index contributed by atoms with van der Waals surface area (Å²) < 4.78 is 10.1. The van der Waals surface area contributed by atoms with Gasteiger partial charge in [-0.05, 0) is 6.07 Å². The van der Waals surface area contributed by atoms with Crippen LogP contribution in [0.25, 0.3) is 0 Å². The van der Waals surface area contributed by atoms with Crippen molar-refractivity contribution in [1.29, 1.82) is 0 Å². The van der Waals surface area contributed by atoms with E-state index in [0.29, 0.717) is 18.0 Å². The van der Waals surface area contributed by atoms with Crippen molar-refractivity contribution < 1.29 is 19.4 Å². The third kappa shape index (κ3) is 2.74. The third-order valence-electron chi connectivity index (χ3n) is 1.99. The number of aromatic hydroxyl groups is 1. The molecule has 1 rings (SSSR count). The smallest absolute Gasteiger partial charge is 0.161 e. The zero-order valence-electron chi connectivity index (χ0n) is 9.03. The topological polar surface area (TPSA) is 60.0 Å². The van der Waals surface area contributed by atoms with Crippen molar-refractivity contribution in [2.24, 2.45) is 0 Å². The van der Waals surface area contributed by atoms with Gasteiger partial charge in [-0.2, -0.15) is 5.48 Å². The van der Waals surface area contributed by atoms with E-state index >= 15 is 0 Å². The molecule has 5 nitrogen and oxygen atoms in total. The Kier molecular flexibility index (Phi) is 4.20. The highest BCUT2D eigenvalue weighted by Crippen LogP contribution is 2.33. The summed E-state index contributed by atoms with van der Waals surface area (Å²) in [7, 11) is 4.57. The Morgan fingerprint density at radius 1 is 1.13 bits per heavy atom. The van der Waals surface area contributed by atoms with E-state index in [-0.39, 0.29) is 5.75 Å². The molecular formula is C10H15NO4. The standard InChI is InChI=1S/C10H15NO4/c1-13-9-5-8(12)10(14-2)4-7(9)6-11-15-3/h4-5,11-12H,6H2,1-3H3. The minimum absolute atomic E-state index is 0.0514. The van der Waals surface area contributed by atoms with E-state index in [9.17, 15) is 5.11 Å². The van der Waals surface area contributed by atoms with Crippen molar-refractivity contribution >= 4 is 0 Å². The molecule has 1 aromatic carbocycles. The van der Waals surface area contributed by atoms with Crippen molar-refractivity contribution in [3.8, 4) is 17.2 Å². The van der Waals surface area contributed by atoms with Gasteiger partial charge in [0.05, 0.1) is 21.3 Å². The lowest BCUT2D eigenvalue weighted by atomic mass is 10.2. The van der Waals surface area contributed by atoms with Gasteiger partial charge in [-0.1, -0.05) is 0 Å². The van der Waals surface area contributed by atoms with Gasteiger partial charge in [0.2, 0.25) is 0 Å². The van der Waals surface area contributed by atoms with Crippen LogP contribution in [-0.4, -0.2) is 26.4 Å². The normalized spacial score (nSPS) is 10.1. The molecule has 0 fully saturated rings. The maximum absolute atomic E-state index is 9.52. The molecular weight excluding hydrogens is 198 g/mol. The van der Waals surface area contributed by atoms with Crippen LogP contribution in [0.15, 0.2) is 12.1 Å². The maximum atomic E-state index is 9.52. The summed E-state index contributed by atoms with van der Waals surface area (Å²) >= 11 is 0. The van der Waals surface area contributed by atoms with Gasteiger partial charge in [0.15, 0.2) is 11.5 Å². The fourth-order valence-corrected chi connectivity index (χ4v) is 1.23. The van der Waals surface area contributed by atoms with E-state index in [0.717, 1.165) is 5.56 Å². The van der Waals surface area contributed by atoms with E-state index in [1.807, 2.05) is 0 Å². The molecule has 5 heteroatoms. The van der Waals surface area contributed by atoms with Crippen LogP contribution in [0.3, 0.4) is 0 Å². The highest BCUT2D eigenvalue weighted by atomic mass is 16.6. The lowest BCUT2D eigenvalue weighted by Gasteiger charge is -2.11. The zero-order valence-corrected chi connectivity index (χ0v) is 9.03. The second kappa shape index (κ2) is 5.43. The van der Waals surface area contributed by atoms with E-state index in [1.165, 1.54) is 27.4 Å². The van der Waals surface area contributed by atoms with Gasteiger partial charge in [0, 0.05) is 18.2 Å². The number of rotatable bonds is 5. The Bertz CT molecular complexity index is 327. The van der Waals surface area contributed by atoms with Gasteiger partial charge in [0.25, 0.3) is 0 Å². The van der Waals surface area contributed by atoms with Gasteiger partial charge in [-0.3, -0.25) is 0 Å². The minimum atomic E-state index is 0.0514. The first-order valence-electron chi connectivity index (χ1n) is 4.42. The highest BCUT2D eigenvalue weighted by molar-refractivity contribution is 5.49. The van der Waals surface area contributed by atoms with Crippen molar-refractivity contribution in [2.75, 3.05) is 21.3 Å². The number of benzene rings is 1. The Morgan fingerprint density at radius 3 is 2.33 bits per heavy atom. The maximum Gasteiger partial charge on any atom is 0.161 e. The lowest BCUT2D eigenvalue weighted by Crippen LogP contribution is -2.11. The number of nitrogens with one attached hydrogen (secondary N) is 1. The van der Waals surface area contributed by atoms with E-state index in [1.54, 1.807) is 6.07 Å². The summed E-state index contributed by atoms with van der Waals surface area (Å²) in [5.74, 6) is 1.04. The number of phenolic OH excluding ortho intramolecular Hbond substituents is 1.